The van der Waals surface area contributed by atoms with Crippen molar-refractivity contribution >= 4 is 11.6 Å². The molecule has 0 saturated carbocycles. The summed E-state index contributed by atoms with van der Waals surface area (Å²) in [6.07, 6.45) is 0. The Bertz CT molecular complexity index is 730. The molecule has 0 aliphatic carbocycles. The summed E-state index contributed by atoms with van der Waals surface area (Å²) in [6, 6.07) is 10.3. The number of rotatable bonds is 7. The van der Waals surface area contributed by atoms with E-state index in [1.165, 1.54) is 13.2 Å². The van der Waals surface area contributed by atoms with Crippen LogP contribution in [-0.2, 0) is 4.79 Å². The number of ether oxygens (including phenoxy) is 2. The molecule has 2 aromatic carbocycles. The number of hydrogen-bond acceptors (Lipinski definition) is 4. The lowest BCUT2D eigenvalue weighted by molar-refractivity contribution is -0.123. The van der Waals surface area contributed by atoms with Gasteiger partial charge in [-0.1, -0.05) is 24.8 Å². The molecule has 1 amide bonds. The maximum atomic E-state index is 13.6. The molecule has 2 rings (SSSR count). The number of carbonyl (C=O) groups is 1. The molecule has 0 aliphatic rings. The second-order valence-electron chi connectivity index (χ2n) is 4.69. The van der Waals surface area contributed by atoms with Crippen LogP contribution in [0, 0.1) is 11.6 Å². The van der Waals surface area contributed by atoms with Crippen molar-refractivity contribution in [3.8, 4) is 11.5 Å². The molecule has 2 N–H and O–H groups in total. The van der Waals surface area contributed by atoms with Gasteiger partial charge in [0.15, 0.2) is 18.1 Å². The summed E-state index contributed by atoms with van der Waals surface area (Å²) in [5, 5.41) is 0. The normalized spacial score (nSPS) is 9.96. The van der Waals surface area contributed by atoms with E-state index in [0.717, 1.165) is 12.1 Å². The summed E-state index contributed by atoms with van der Waals surface area (Å²) >= 11 is 0. The SMILES string of the molecule is C=C(NNC(=O)COc1ccccc1OC)c1c(F)cccc1F. The van der Waals surface area contributed by atoms with Gasteiger partial charge >= 0.3 is 0 Å². The van der Waals surface area contributed by atoms with Crippen molar-refractivity contribution in [2.75, 3.05) is 13.7 Å². The Morgan fingerprint density at radius 2 is 1.67 bits per heavy atom. The maximum Gasteiger partial charge on any atom is 0.276 e. The molecule has 0 radical (unpaired) electrons. The zero-order valence-electron chi connectivity index (χ0n) is 12.9. The van der Waals surface area contributed by atoms with Gasteiger partial charge in [-0.2, -0.15) is 0 Å². The lowest BCUT2D eigenvalue weighted by Gasteiger charge is -2.13. The Kier molecular flexibility index (Phi) is 5.73. The van der Waals surface area contributed by atoms with Gasteiger partial charge in [-0.3, -0.25) is 15.6 Å². The molecule has 0 atom stereocenters. The van der Waals surface area contributed by atoms with Crippen molar-refractivity contribution in [3.05, 3.63) is 66.2 Å². The predicted octanol–water partition coefficient (Wildman–Crippen LogP) is 2.64. The van der Waals surface area contributed by atoms with E-state index in [0.29, 0.717) is 11.5 Å². The Hall–Kier alpha value is -3.09. The van der Waals surface area contributed by atoms with E-state index in [2.05, 4.69) is 17.4 Å². The number of halogens is 2. The number of nitrogens with one attached hydrogen (secondary N) is 2. The molecule has 0 fully saturated rings. The van der Waals surface area contributed by atoms with Gasteiger partial charge in [0, 0.05) is 0 Å². The highest BCUT2D eigenvalue weighted by molar-refractivity contribution is 5.78. The molecule has 7 heteroatoms. The van der Waals surface area contributed by atoms with Gasteiger partial charge in [0.1, 0.15) is 11.6 Å². The van der Waals surface area contributed by atoms with Crippen LogP contribution in [0.3, 0.4) is 0 Å². The van der Waals surface area contributed by atoms with Crippen molar-refractivity contribution in [1.29, 1.82) is 0 Å². The summed E-state index contributed by atoms with van der Waals surface area (Å²) in [5.41, 5.74) is 4.16. The number of amides is 1. The average molecular weight is 334 g/mol. The van der Waals surface area contributed by atoms with Crippen LogP contribution in [0.1, 0.15) is 5.56 Å². The quantitative estimate of drug-likeness (QED) is 0.764. The summed E-state index contributed by atoms with van der Waals surface area (Å²) in [6.45, 7) is 3.18. The number of methoxy groups -OCH3 is 1. The van der Waals surface area contributed by atoms with Crippen LogP contribution < -0.4 is 20.3 Å². The number of carbonyl (C=O) groups excluding carboxylic acids is 1. The fourth-order valence-electron chi connectivity index (χ4n) is 1.91. The van der Waals surface area contributed by atoms with Crippen LogP contribution in [0.25, 0.3) is 5.70 Å². The minimum atomic E-state index is -0.785. The zero-order valence-corrected chi connectivity index (χ0v) is 12.9. The predicted molar refractivity (Wildman–Crippen MR) is 85.2 cm³/mol. The minimum Gasteiger partial charge on any atom is -0.493 e. The summed E-state index contributed by atoms with van der Waals surface area (Å²) < 4.78 is 37.6. The van der Waals surface area contributed by atoms with Crippen LogP contribution in [0.15, 0.2) is 49.0 Å². The van der Waals surface area contributed by atoms with E-state index in [-0.39, 0.29) is 17.9 Å². The first-order valence-corrected chi connectivity index (χ1v) is 6.97. The van der Waals surface area contributed by atoms with Crippen LogP contribution in [0.4, 0.5) is 8.78 Å². The minimum absolute atomic E-state index is 0.115. The topological polar surface area (TPSA) is 59.6 Å². The van der Waals surface area contributed by atoms with E-state index in [1.54, 1.807) is 24.3 Å². The van der Waals surface area contributed by atoms with E-state index >= 15 is 0 Å². The molecule has 0 aliphatic heterocycles. The van der Waals surface area contributed by atoms with Gasteiger partial charge in [0.25, 0.3) is 5.91 Å². The Labute approximate surface area is 137 Å². The van der Waals surface area contributed by atoms with E-state index < -0.39 is 17.5 Å². The number of para-hydroxylation sites is 2. The van der Waals surface area contributed by atoms with Gasteiger partial charge in [-0.25, -0.2) is 8.78 Å². The van der Waals surface area contributed by atoms with Gasteiger partial charge in [0.05, 0.1) is 18.4 Å². The third kappa shape index (κ3) is 4.22. The van der Waals surface area contributed by atoms with E-state index in [9.17, 15) is 13.6 Å². The molecule has 0 unspecified atom stereocenters. The number of hydrazine groups is 1. The largest absolute Gasteiger partial charge is 0.493 e. The van der Waals surface area contributed by atoms with E-state index in [4.69, 9.17) is 9.47 Å². The van der Waals surface area contributed by atoms with Crippen molar-refractivity contribution < 1.29 is 23.0 Å². The summed E-state index contributed by atoms with van der Waals surface area (Å²) in [4.78, 5) is 11.8. The van der Waals surface area contributed by atoms with Crippen LogP contribution in [-0.4, -0.2) is 19.6 Å². The van der Waals surface area contributed by atoms with Crippen LogP contribution >= 0.6 is 0 Å². The summed E-state index contributed by atoms with van der Waals surface area (Å²) in [5.74, 6) is -1.25. The first kappa shape index (κ1) is 17.3. The number of hydrogen-bond donors (Lipinski definition) is 2. The van der Waals surface area contributed by atoms with Gasteiger partial charge in [0.2, 0.25) is 0 Å². The molecule has 2 aromatic rings. The van der Waals surface area contributed by atoms with Crippen molar-refractivity contribution in [2.45, 2.75) is 0 Å². The molecule has 0 heterocycles. The summed E-state index contributed by atoms with van der Waals surface area (Å²) in [7, 11) is 1.48. The lowest BCUT2D eigenvalue weighted by atomic mass is 10.1. The van der Waals surface area contributed by atoms with Crippen molar-refractivity contribution in [2.24, 2.45) is 0 Å². The maximum absolute atomic E-state index is 13.6. The van der Waals surface area contributed by atoms with Crippen molar-refractivity contribution in [3.63, 3.8) is 0 Å². The second-order valence-corrected chi connectivity index (χ2v) is 4.69. The lowest BCUT2D eigenvalue weighted by Crippen LogP contribution is -2.39. The van der Waals surface area contributed by atoms with Crippen LogP contribution in [0.2, 0.25) is 0 Å². The monoisotopic (exact) mass is 334 g/mol. The second kappa shape index (κ2) is 7.96. The molecule has 0 spiro atoms. The molecule has 5 nitrogen and oxygen atoms in total. The standard InChI is InChI=1S/C17H16F2N2O3/c1-11(17-12(18)6-5-7-13(17)19)20-21-16(22)10-24-15-9-4-3-8-14(15)23-2/h3-9,20H,1,10H2,2H3,(H,21,22). The van der Waals surface area contributed by atoms with Gasteiger partial charge < -0.3 is 9.47 Å². The molecule has 24 heavy (non-hydrogen) atoms. The highest BCUT2D eigenvalue weighted by atomic mass is 19.1. The smallest absolute Gasteiger partial charge is 0.276 e. The fraction of sp³-hybridized carbons (Fsp3) is 0.118. The third-order valence-corrected chi connectivity index (χ3v) is 3.05. The zero-order chi connectivity index (χ0) is 17.5. The third-order valence-electron chi connectivity index (χ3n) is 3.05. The molecule has 0 aromatic heterocycles. The highest BCUT2D eigenvalue weighted by Gasteiger charge is 2.13. The molecule has 0 bridgehead atoms. The number of benzene rings is 2. The molecule has 126 valence electrons. The highest BCUT2D eigenvalue weighted by Crippen LogP contribution is 2.25. The Balaban J connectivity index is 1.88. The first-order valence-electron chi connectivity index (χ1n) is 6.97. The Morgan fingerprint density at radius 1 is 1.04 bits per heavy atom. The average Bonchev–Trinajstić information content (AvgIpc) is 2.58. The first-order chi connectivity index (χ1) is 11.5. The molecular weight excluding hydrogens is 318 g/mol. The van der Waals surface area contributed by atoms with Gasteiger partial charge in [-0.05, 0) is 24.3 Å². The molecule has 0 saturated heterocycles. The molecular formula is C17H16F2N2O3. The van der Waals surface area contributed by atoms with Gasteiger partial charge in [-0.15, -0.1) is 0 Å². The fourth-order valence-corrected chi connectivity index (χ4v) is 1.91. The van der Waals surface area contributed by atoms with Crippen LogP contribution in [0.5, 0.6) is 11.5 Å². The van der Waals surface area contributed by atoms with Crippen molar-refractivity contribution in [1.82, 2.24) is 10.9 Å². The Morgan fingerprint density at radius 3 is 2.29 bits per heavy atom. The van der Waals surface area contributed by atoms with E-state index in [1.807, 2.05) is 0 Å².